The first-order valence-corrected chi connectivity index (χ1v) is 9.97. The molecular formula is C25H22FN3O2. The van der Waals surface area contributed by atoms with E-state index < -0.39 is 5.82 Å². The number of hydrogen-bond acceptors (Lipinski definition) is 3. The summed E-state index contributed by atoms with van der Waals surface area (Å²) in [6, 6.07) is 25.1. The van der Waals surface area contributed by atoms with Crippen molar-refractivity contribution in [2.45, 2.75) is 6.42 Å². The number of aromatic nitrogens is 2. The summed E-state index contributed by atoms with van der Waals surface area (Å²) in [6.45, 7) is 0.478. The summed E-state index contributed by atoms with van der Waals surface area (Å²) in [4.78, 5) is 13.0. The Morgan fingerprint density at radius 3 is 2.42 bits per heavy atom. The van der Waals surface area contributed by atoms with Gasteiger partial charge in [0.15, 0.2) is 0 Å². The molecule has 0 aliphatic heterocycles. The molecule has 156 valence electrons. The van der Waals surface area contributed by atoms with Crippen LogP contribution in [0.2, 0.25) is 0 Å². The molecule has 0 spiro atoms. The average Bonchev–Trinajstić information content (AvgIpc) is 3.25. The molecule has 1 aromatic heterocycles. The van der Waals surface area contributed by atoms with Gasteiger partial charge in [-0.15, -0.1) is 0 Å². The molecule has 0 fully saturated rings. The number of ether oxygens (including phenoxy) is 1. The maximum absolute atomic E-state index is 14.3. The van der Waals surface area contributed by atoms with Crippen molar-refractivity contribution < 1.29 is 13.9 Å². The first-order chi connectivity index (χ1) is 15.2. The molecule has 3 aromatic carbocycles. The van der Waals surface area contributed by atoms with Crippen molar-refractivity contribution in [2.75, 3.05) is 13.7 Å². The lowest BCUT2D eigenvalue weighted by molar-refractivity contribution is 0.0946. The second-order valence-electron chi connectivity index (χ2n) is 7.00. The maximum Gasteiger partial charge on any atom is 0.270 e. The third kappa shape index (κ3) is 4.64. The Morgan fingerprint density at radius 1 is 1.00 bits per heavy atom. The van der Waals surface area contributed by atoms with E-state index in [2.05, 4.69) is 10.4 Å². The van der Waals surface area contributed by atoms with Crippen LogP contribution in [0.5, 0.6) is 5.75 Å². The Bertz CT molecular complexity index is 1170. The maximum atomic E-state index is 14.3. The Kier molecular flexibility index (Phi) is 6.08. The number of carbonyl (C=O) groups is 1. The van der Waals surface area contributed by atoms with Gasteiger partial charge in [0.25, 0.3) is 5.91 Å². The lowest BCUT2D eigenvalue weighted by atomic mass is 10.1. The molecule has 0 radical (unpaired) electrons. The Balaban J connectivity index is 1.63. The molecule has 31 heavy (non-hydrogen) atoms. The lowest BCUT2D eigenvalue weighted by Gasteiger charge is -2.09. The van der Waals surface area contributed by atoms with E-state index in [4.69, 9.17) is 4.74 Å². The van der Waals surface area contributed by atoms with Crippen molar-refractivity contribution in [1.29, 1.82) is 0 Å². The van der Waals surface area contributed by atoms with Crippen molar-refractivity contribution in [2.24, 2.45) is 0 Å². The van der Waals surface area contributed by atoms with Gasteiger partial charge in [0, 0.05) is 12.1 Å². The predicted molar refractivity (Wildman–Crippen MR) is 118 cm³/mol. The summed E-state index contributed by atoms with van der Waals surface area (Å²) < 4.78 is 21.1. The van der Waals surface area contributed by atoms with E-state index in [1.54, 1.807) is 55.6 Å². The predicted octanol–water partition coefficient (Wildman–Crippen LogP) is 4.66. The molecule has 0 aliphatic carbocycles. The van der Waals surface area contributed by atoms with Gasteiger partial charge in [-0.2, -0.15) is 5.10 Å². The second-order valence-corrected chi connectivity index (χ2v) is 7.00. The molecule has 0 unspecified atom stereocenters. The topological polar surface area (TPSA) is 56.2 Å². The number of methoxy groups -OCH3 is 1. The van der Waals surface area contributed by atoms with Crippen LogP contribution < -0.4 is 10.1 Å². The molecule has 4 aromatic rings. The number of nitrogens with one attached hydrogen (secondary N) is 1. The molecule has 1 amide bonds. The van der Waals surface area contributed by atoms with Crippen molar-refractivity contribution in [1.82, 2.24) is 15.1 Å². The van der Waals surface area contributed by atoms with Crippen LogP contribution in [0.25, 0.3) is 16.9 Å². The minimum Gasteiger partial charge on any atom is -0.497 e. The number of rotatable bonds is 7. The highest BCUT2D eigenvalue weighted by Gasteiger charge is 2.19. The third-order valence-electron chi connectivity index (χ3n) is 4.95. The fourth-order valence-corrected chi connectivity index (χ4v) is 3.32. The van der Waals surface area contributed by atoms with E-state index >= 15 is 0 Å². The van der Waals surface area contributed by atoms with Crippen LogP contribution in [-0.4, -0.2) is 29.3 Å². The standard InChI is InChI=1S/C25H22FN3O2/c1-31-20-13-11-19(12-14-20)29-24(17-23(28-29)21-9-5-6-10-22(21)26)25(30)27-16-15-18-7-3-2-4-8-18/h2-14,17H,15-16H2,1H3,(H,27,30). The van der Waals surface area contributed by atoms with Gasteiger partial charge in [0.1, 0.15) is 17.3 Å². The Labute approximate surface area is 180 Å². The average molecular weight is 415 g/mol. The first-order valence-electron chi connectivity index (χ1n) is 9.97. The number of nitrogens with zero attached hydrogens (tertiary/aromatic N) is 2. The molecule has 6 heteroatoms. The van der Waals surface area contributed by atoms with E-state index in [0.717, 1.165) is 5.56 Å². The number of amides is 1. The van der Waals surface area contributed by atoms with Crippen molar-refractivity contribution in [3.63, 3.8) is 0 Å². The largest absolute Gasteiger partial charge is 0.497 e. The van der Waals surface area contributed by atoms with Gasteiger partial charge in [-0.05, 0) is 54.4 Å². The van der Waals surface area contributed by atoms with Crippen LogP contribution in [-0.2, 0) is 6.42 Å². The zero-order valence-corrected chi connectivity index (χ0v) is 17.1. The van der Waals surface area contributed by atoms with Gasteiger partial charge in [-0.3, -0.25) is 4.79 Å². The highest BCUT2D eigenvalue weighted by Crippen LogP contribution is 2.25. The summed E-state index contributed by atoms with van der Waals surface area (Å²) >= 11 is 0. The molecule has 0 saturated carbocycles. The van der Waals surface area contributed by atoms with Crippen LogP contribution >= 0.6 is 0 Å². The zero-order chi connectivity index (χ0) is 21.6. The van der Waals surface area contributed by atoms with Gasteiger partial charge in [0.2, 0.25) is 0 Å². The van der Waals surface area contributed by atoms with Gasteiger partial charge >= 0.3 is 0 Å². The number of carbonyl (C=O) groups excluding carboxylic acids is 1. The van der Waals surface area contributed by atoms with Gasteiger partial charge in [0.05, 0.1) is 18.5 Å². The van der Waals surface area contributed by atoms with Crippen LogP contribution in [0.3, 0.4) is 0 Å². The third-order valence-corrected chi connectivity index (χ3v) is 4.95. The zero-order valence-electron chi connectivity index (χ0n) is 17.1. The fraction of sp³-hybridized carbons (Fsp3) is 0.120. The second kappa shape index (κ2) is 9.26. The van der Waals surface area contributed by atoms with Crippen molar-refractivity contribution in [3.05, 3.63) is 102 Å². The highest BCUT2D eigenvalue weighted by atomic mass is 19.1. The summed E-state index contributed by atoms with van der Waals surface area (Å²) in [5, 5.41) is 7.47. The first kappa shape index (κ1) is 20.3. The SMILES string of the molecule is COc1ccc(-n2nc(-c3ccccc3F)cc2C(=O)NCCc2ccccc2)cc1. The van der Waals surface area contributed by atoms with Gasteiger partial charge < -0.3 is 10.1 Å². The molecule has 1 N–H and O–H groups in total. The number of hydrogen-bond donors (Lipinski definition) is 1. The molecule has 0 bridgehead atoms. The van der Waals surface area contributed by atoms with E-state index in [0.29, 0.717) is 41.4 Å². The summed E-state index contributed by atoms with van der Waals surface area (Å²) in [5.74, 6) is 0.0267. The monoisotopic (exact) mass is 415 g/mol. The Morgan fingerprint density at radius 2 is 1.71 bits per heavy atom. The molecule has 4 rings (SSSR count). The highest BCUT2D eigenvalue weighted by molar-refractivity contribution is 5.94. The van der Waals surface area contributed by atoms with Gasteiger partial charge in [-0.1, -0.05) is 42.5 Å². The summed E-state index contributed by atoms with van der Waals surface area (Å²) in [7, 11) is 1.59. The van der Waals surface area contributed by atoms with Crippen LogP contribution in [0.4, 0.5) is 4.39 Å². The number of benzene rings is 3. The molecule has 0 saturated heterocycles. The quantitative estimate of drug-likeness (QED) is 0.478. The minimum absolute atomic E-state index is 0.276. The molecule has 0 atom stereocenters. The van der Waals surface area contributed by atoms with Crippen molar-refractivity contribution >= 4 is 5.91 Å². The van der Waals surface area contributed by atoms with Crippen molar-refractivity contribution in [3.8, 4) is 22.7 Å². The summed E-state index contributed by atoms with van der Waals surface area (Å²) in [5.41, 5.74) is 2.88. The number of halogens is 1. The van der Waals surface area contributed by atoms with E-state index in [9.17, 15) is 9.18 Å². The molecular weight excluding hydrogens is 393 g/mol. The van der Waals surface area contributed by atoms with Gasteiger partial charge in [-0.25, -0.2) is 9.07 Å². The summed E-state index contributed by atoms with van der Waals surface area (Å²) in [6.07, 6.45) is 0.712. The van der Waals surface area contributed by atoms with Crippen LogP contribution in [0, 0.1) is 5.82 Å². The Hall–Kier alpha value is -3.93. The van der Waals surface area contributed by atoms with Crippen LogP contribution in [0.1, 0.15) is 16.1 Å². The smallest absolute Gasteiger partial charge is 0.270 e. The van der Waals surface area contributed by atoms with Crippen LogP contribution in [0.15, 0.2) is 84.9 Å². The van der Waals surface area contributed by atoms with E-state index in [1.165, 1.54) is 10.7 Å². The molecule has 1 heterocycles. The lowest BCUT2D eigenvalue weighted by Crippen LogP contribution is -2.27. The van der Waals surface area contributed by atoms with E-state index in [1.807, 2.05) is 30.3 Å². The molecule has 5 nitrogen and oxygen atoms in total. The molecule has 0 aliphatic rings. The fourth-order valence-electron chi connectivity index (χ4n) is 3.32. The normalized spacial score (nSPS) is 10.6. The minimum atomic E-state index is -0.391. The van der Waals surface area contributed by atoms with E-state index in [-0.39, 0.29) is 5.91 Å².